The summed E-state index contributed by atoms with van der Waals surface area (Å²) in [6.45, 7) is 0. The van der Waals surface area contributed by atoms with Crippen LogP contribution >= 0.6 is 11.3 Å². The first-order valence-corrected chi connectivity index (χ1v) is 8.39. The van der Waals surface area contributed by atoms with Gasteiger partial charge in [-0.3, -0.25) is 4.79 Å². The van der Waals surface area contributed by atoms with Gasteiger partial charge in [0.2, 0.25) is 5.91 Å². The van der Waals surface area contributed by atoms with Gasteiger partial charge in [0.05, 0.1) is 16.8 Å². The molecule has 0 aliphatic heterocycles. The lowest BCUT2D eigenvalue weighted by Crippen LogP contribution is -2.48. The number of rotatable bonds is 3. The van der Waals surface area contributed by atoms with Crippen LogP contribution in [0.15, 0.2) is 29.6 Å². The van der Waals surface area contributed by atoms with Gasteiger partial charge in [-0.05, 0) is 25.0 Å². The predicted octanol–water partition coefficient (Wildman–Crippen LogP) is 4.04. The van der Waals surface area contributed by atoms with Crippen molar-refractivity contribution in [2.75, 3.05) is 5.32 Å². The fourth-order valence-electron chi connectivity index (χ4n) is 2.77. The second kappa shape index (κ2) is 6.18. The molecule has 0 unspecified atom stereocenters. The van der Waals surface area contributed by atoms with E-state index in [-0.39, 0.29) is 5.91 Å². The van der Waals surface area contributed by atoms with Crippen LogP contribution in [0.2, 0.25) is 0 Å². The molecule has 1 amide bonds. The Hall–Kier alpha value is -1.93. The number of alkyl halides is 3. The summed E-state index contributed by atoms with van der Waals surface area (Å²) in [6, 6.07) is 4.94. The van der Waals surface area contributed by atoms with E-state index >= 15 is 0 Å². The highest BCUT2D eigenvalue weighted by atomic mass is 32.1. The van der Waals surface area contributed by atoms with Gasteiger partial charge in [0.15, 0.2) is 5.13 Å². The molecule has 1 fully saturated rings. The van der Waals surface area contributed by atoms with Gasteiger partial charge in [0.25, 0.3) is 0 Å². The van der Waals surface area contributed by atoms with Gasteiger partial charge < -0.3 is 11.1 Å². The Kier molecular flexibility index (Phi) is 4.35. The maximum absolute atomic E-state index is 12.8. The van der Waals surface area contributed by atoms with Crippen LogP contribution in [-0.2, 0) is 11.0 Å². The molecule has 24 heavy (non-hydrogen) atoms. The van der Waals surface area contributed by atoms with Crippen LogP contribution in [0.5, 0.6) is 0 Å². The summed E-state index contributed by atoms with van der Waals surface area (Å²) in [4.78, 5) is 16.5. The van der Waals surface area contributed by atoms with Crippen LogP contribution in [0.1, 0.15) is 31.2 Å². The fraction of sp³-hybridized carbons (Fsp3) is 0.375. The molecule has 128 valence electrons. The molecular formula is C16H16F3N3OS. The molecule has 0 atom stereocenters. The number of carbonyl (C=O) groups is 1. The molecule has 1 aromatic carbocycles. The van der Waals surface area contributed by atoms with Gasteiger partial charge in [0.1, 0.15) is 0 Å². The van der Waals surface area contributed by atoms with Crippen LogP contribution in [0.4, 0.5) is 18.3 Å². The zero-order chi connectivity index (χ0) is 17.4. The van der Waals surface area contributed by atoms with Crippen molar-refractivity contribution in [1.29, 1.82) is 0 Å². The minimum atomic E-state index is -4.41. The lowest BCUT2D eigenvalue weighted by atomic mass is 9.98. The zero-order valence-electron chi connectivity index (χ0n) is 12.7. The van der Waals surface area contributed by atoms with E-state index in [2.05, 4.69) is 10.3 Å². The molecule has 1 aliphatic carbocycles. The van der Waals surface area contributed by atoms with E-state index in [0.717, 1.165) is 36.3 Å². The van der Waals surface area contributed by atoms with Crippen LogP contribution in [-0.4, -0.2) is 16.4 Å². The number of nitrogens with two attached hydrogens (primary N) is 1. The summed E-state index contributed by atoms with van der Waals surface area (Å²) in [6.07, 6.45) is -1.32. The average molecular weight is 355 g/mol. The summed E-state index contributed by atoms with van der Waals surface area (Å²) >= 11 is 1.16. The first-order valence-electron chi connectivity index (χ1n) is 7.51. The monoisotopic (exact) mass is 355 g/mol. The van der Waals surface area contributed by atoms with Gasteiger partial charge in [-0.1, -0.05) is 25.0 Å². The van der Waals surface area contributed by atoms with E-state index in [9.17, 15) is 18.0 Å². The SMILES string of the molecule is NC1(C(=O)Nc2nc(-c3cccc(C(F)(F)F)c3)cs2)CCCC1. The second-order valence-corrected chi connectivity index (χ2v) is 6.79. The van der Waals surface area contributed by atoms with E-state index in [0.29, 0.717) is 29.2 Å². The van der Waals surface area contributed by atoms with Gasteiger partial charge >= 0.3 is 6.18 Å². The van der Waals surface area contributed by atoms with E-state index < -0.39 is 17.3 Å². The quantitative estimate of drug-likeness (QED) is 0.873. The standard InChI is InChI=1S/C16H16F3N3OS/c17-16(18,19)11-5-3-4-10(8-11)12-9-24-14(21-12)22-13(23)15(20)6-1-2-7-15/h3-5,8-9H,1-2,6-7,20H2,(H,21,22,23). The number of hydrogen-bond donors (Lipinski definition) is 2. The molecule has 8 heteroatoms. The van der Waals surface area contributed by atoms with E-state index in [1.54, 1.807) is 11.4 Å². The van der Waals surface area contributed by atoms with Crippen molar-refractivity contribution in [3.8, 4) is 11.3 Å². The van der Waals surface area contributed by atoms with E-state index in [1.165, 1.54) is 6.07 Å². The topological polar surface area (TPSA) is 68.0 Å². The number of hydrogen-bond acceptors (Lipinski definition) is 4. The summed E-state index contributed by atoms with van der Waals surface area (Å²) in [7, 11) is 0. The Labute approximate surface area is 140 Å². The third-order valence-corrected chi connectivity index (χ3v) is 4.92. The first kappa shape index (κ1) is 16.9. The van der Waals surface area contributed by atoms with Crippen LogP contribution in [0, 0.1) is 0 Å². The summed E-state index contributed by atoms with van der Waals surface area (Å²) in [5.41, 5.74) is 5.21. The molecule has 3 N–H and O–H groups in total. The number of halogens is 3. The van der Waals surface area contributed by atoms with Gasteiger partial charge in [0, 0.05) is 10.9 Å². The third-order valence-electron chi connectivity index (χ3n) is 4.16. The number of thiazole rings is 1. The van der Waals surface area contributed by atoms with Crippen molar-refractivity contribution in [2.24, 2.45) is 5.73 Å². The van der Waals surface area contributed by atoms with Crippen molar-refractivity contribution in [3.63, 3.8) is 0 Å². The van der Waals surface area contributed by atoms with Crippen molar-refractivity contribution in [3.05, 3.63) is 35.2 Å². The molecule has 0 saturated heterocycles. The molecular weight excluding hydrogens is 339 g/mol. The predicted molar refractivity (Wildman–Crippen MR) is 86.6 cm³/mol. The summed E-state index contributed by atoms with van der Waals surface area (Å²) < 4.78 is 38.4. The van der Waals surface area contributed by atoms with Crippen molar-refractivity contribution in [1.82, 2.24) is 4.98 Å². The molecule has 4 nitrogen and oxygen atoms in total. The van der Waals surface area contributed by atoms with Crippen LogP contribution < -0.4 is 11.1 Å². The Morgan fingerprint density at radius 1 is 1.29 bits per heavy atom. The molecule has 0 spiro atoms. The van der Waals surface area contributed by atoms with Crippen molar-refractivity contribution in [2.45, 2.75) is 37.4 Å². The van der Waals surface area contributed by atoms with Crippen molar-refractivity contribution >= 4 is 22.4 Å². The fourth-order valence-corrected chi connectivity index (χ4v) is 3.49. The number of nitrogens with zero attached hydrogens (tertiary/aromatic N) is 1. The number of nitrogens with one attached hydrogen (secondary N) is 1. The molecule has 1 aromatic heterocycles. The summed E-state index contributed by atoms with van der Waals surface area (Å²) in [5.74, 6) is -0.287. The van der Waals surface area contributed by atoms with Crippen molar-refractivity contribution < 1.29 is 18.0 Å². The molecule has 1 heterocycles. The van der Waals surface area contributed by atoms with Gasteiger partial charge in [-0.15, -0.1) is 11.3 Å². The smallest absolute Gasteiger partial charge is 0.317 e. The Balaban J connectivity index is 1.77. The zero-order valence-corrected chi connectivity index (χ0v) is 13.5. The Bertz CT molecular complexity index is 751. The minimum absolute atomic E-state index is 0.287. The maximum Gasteiger partial charge on any atom is 0.416 e. The summed E-state index contributed by atoms with van der Waals surface area (Å²) in [5, 5.41) is 4.63. The third kappa shape index (κ3) is 3.44. The van der Waals surface area contributed by atoms with Gasteiger partial charge in [-0.25, -0.2) is 4.98 Å². The number of amides is 1. The molecule has 0 radical (unpaired) electrons. The van der Waals surface area contributed by atoms with E-state index in [1.807, 2.05) is 0 Å². The lowest BCUT2D eigenvalue weighted by Gasteiger charge is -2.21. The highest BCUT2D eigenvalue weighted by molar-refractivity contribution is 7.14. The van der Waals surface area contributed by atoms with Crippen LogP contribution in [0.3, 0.4) is 0 Å². The Morgan fingerprint density at radius 3 is 2.67 bits per heavy atom. The van der Waals surface area contributed by atoms with E-state index in [4.69, 9.17) is 5.73 Å². The molecule has 1 saturated carbocycles. The Morgan fingerprint density at radius 2 is 2.00 bits per heavy atom. The largest absolute Gasteiger partial charge is 0.416 e. The number of aromatic nitrogens is 1. The molecule has 2 aromatic rings. The molecule has 0 bridgehead atoms. The number of anilines is 1. The average Bonchev–Trinajstić information content (AvgIpc) is 3.17. The molecule has 3 rings (SSSR count). The van der Waals surface area contributed by atoms with Crippen LogP contribution in [0.25, 0.3) is 11.3 Å². The highest BCUT2D eigenvalue weighted by Gasteiger charge is 2.37. The first-order chi connectivity index (χ1) is 11.3. The number of carbonyl (C=O) groups excluding carboxylic acids is 1. The minimum Gasteiger partial charge on any atom is -0.317 e. The number of benzene rings is 1. The lowest BCUT2D eigenvalue weighted by molar-refractivity contribution is -0.137. The second-order valence-electron chi connectivity index (χ2n) is 5.93. The highest BCUT2D eigenvalue weighted by Crippen LogP contribution is 2.33. The van der Waals surface area contributed by atoms with Gasteiger partial charge in [-0.2, -0.15) is 13.2 Å². The normalized spacial score (nSPS) is 17.0. The maximum atomic E-state index is 12.8. The molecule has 1 aliphatic rings.